The molecule has 0 atom stereocenters. The van der Waals surface area contributed by atoms with Gasteiger partial charge in [-0.1, -0.05) is 30.3 Å². The lowest BCUT2D eigenvalue weighted by Crippen LogP contribution is -2.44. The standard InChI is InChI=1S/C25H29N3O4/c1-31-16-14-27(25(30)23-10-6-15-32-23)19-24(29)28(21-11-12-21)18-22-9-5-13-26(22)17-20-7-3-2-4-8-20/h2-10,13,15,21H,11-12,14,16-19H2,1H3. The molecule has 7 heteroatoms. The highest BCUT2D eigenvalue weighted by molar-refractivity contribution is 5.94. The number of ether oxygens (including phenoxy) is 1. The number of carbonyl (C=O) groups is 2. The molecular weight excluding hydrogens is 406 g/mol. The summed E-state index contributed by atoms with van der Waals surface area (Å²) in [4.78, 5) is 29.6. The number of hydrogen-bond donors (Lipinski definition) is 0. The lowest BCUT2D eigenvalue weighted by Gasteiger charge is -2.27. The number of nitrogens with zero attached hydrogens (tertiary/aromatic N) is 3. The fourth-order valence-corrected chi connectivity index (χ4v) is 3.77. The second-order valence-corrected chi connectivity index (χ2v) is 8.06. The molecule has 2 heterocycles. The minimum absolute atomic E-state index is 0.00120. The number of carbonyl (C=O) groups excluding carboxylic acids is 2. The predicted octanol–water partition coefficient (Wildman–Crippen LogP) is 3.41. The summed E-state index contributed by atoms with van der Waals surface area (Å²) < 4.78 is 12.6. The maximum Gasteiger partial charge on any atom is 0.290 e. The van der Waals surface area contributed by atoms with Gasteiger partial charge in [-0.15, -0.1) is 0 Å². The quantitative estimate of drug-likeness (QED) is 0.463. The van der Waals surface area contributed by atoms with Gasteiger partial charge in [-0.25, -0.2) is 0 Å². The van der Waals surface area contributed by atoms with E-state index in [0.29, 0.717) is 19.7 Å². The topological polar surface area (TPSA) is 67.9 Å². The van der Waals surface area contributed by atoms with Crippen molar-refractivity contribution in [3.8, 4) is 0 Å². The molecule has 0 radical (unpaired) electrons. The van der Waals surface area contributed by atoms with Crippen molar-refractivity contribution in [3.63, 3.8) is 0 Å². The molecule has 0 aliphatic heterocycles. The monoisotopic (exact) mass is 435 g/mol. The third-order valence-corrected chi connectivity index (χ3v) is 5.67. The molecule has 0 saturated heterocycles. The molecule has 1 fully saturated rings. The molecule has 0 N–H and O–H groups in total. The van der Waals surface area contributed by atoms with Gasteiger partial charge in [-0.05, 0) is 42.7 Å². The van der Waals surface area contributed by atoms with Gasteiger partial charge in [0.2, 0.25) is 5.91 Å². The zero-order valence-corrected chi connectivity index (χ0v) is 18.4. The Morgan fingerprint density at radius 2 is 1.91 bits per heavy atom. The van der Waals surface area contributed by atoms with Gasteiger partial charge in [-0.3, -0.25) is 9.59 Å². The highest BCUT2D eigenvalue weighted by Crippen LogP contribution is 2.29. The summed E-state index contributed by atoms with van der Waals surface area (Å²) in [5.74, 6) is -0.136. The van der Waals surface area contributed by atoms with Gasteiger partial charge >= 0.3 is 0 Å². The second-order valence-electron chi connectivity index (χ2n) is 8.06. The molecule has 1 aliphatic carbocycles. The van der Waals surface area contributed by atoms with Gasteiger partial charge < -0.3 is 23.5 Å². The van der Waals surface area contributed by atoms with Crippen LogP contribution in [0.2, 0.25) is 0 Å². The van der Waals surface area contributed by atoms with E-state index in [1.807, 2.05) is 35.4 Å². The van der Waals surface area contributed by atoms with Crippen LogP contribution in [0.5, 0.6) is 0 Å². The average molecular weight is 436 g/mol. The molecule has 2 aromatic heterocycles. The van der Waals surface area contributed by atoms with Crippen molar-refractivity contribution in [2.24, 2.45) is 0 Å². The van der Waals surface area contributed by atoms with Crippen LogP contribution in [0.1, 0.15) is 34.7 Å². The number of amides is 2. The van der Waals surface area contributed by atoms with E-state index in [2.05, 4.69) is 22.8 Å². The Labute approximate surface area is 188 Å². The summed E-state index contributed by atoms with van der Waals surface area (Å²) in [7, 11) is 1.58. The Balaban J connectivity index is 1.46. The molecule has 168 valence electrons. The molecule has 4 rings (SSSR count). The summed E-state index contributed by atoms with van der Waals surface area (Å²) in [5.41, 5.74) is 2.29. The molecule has 7 nitrogen and oxygen atoms in total. The van der Waals surface area contributed by atoms with Crippen molar-refractivity contribution in [1.82, 2.24) is 14.4 Å². The van der Waals surface area contributed by atoms with Crippen LogP contribution in [0, 0.1) is 0 Å². The number of furan rings is 1. The number of benzene rings is 1. The zero-order valence-electron chi connectivity index (χ0n) is 18.4. The Bertz CT molecular complexity index is 1010. The molecule has 0 bridgehead atoms. The SMILES string of the molecule is COCCN(CC(=O)N(Cc1cccn1Cc1ccccc1)C1CC1)C(=O)c1ccco1. The summed E-state index contributed by atoms with van der Waals surface area (Å²) in [5, 5.41) is 0. The van der Waals surface area contributed by atoms with Crippen LogP contribution in [0.15, 0.2) is 71.5 Å². The minimum Gasteiger partial charge on any atom is -0.459 e. The maximum atomic E-state index is 13.3. The number of hydrogen-bond acceptors (Lipinski definition) is 4. The lowest BCUT2D eigenvalue weighted by atomic mass is 10.2. The average Bonchev–Trinajstić information content (AvgIpc) is 3.31. The number of rotatable bonds is 11. The summed E-state index contributed by atoms with van der Waals surface area (Å²) in [6.07, 6.45) is 5.49. The van der Waals surface area contributed by atoms with Crippen LogP contribution in [0.4, 0.5) is 0 Å². The lowest BCUT2D eigenvalue weighted by molar-refractivity contribution is -0.133. The van der Waals surface area contributed by atoms with Crippen molar-refractivity contribution in [1.29, 1.82) is 0 Å². The zero-order chi connectivity index (χ0) is 22.3. The van der Waals surface area contributed by atoms with E-state index < -0.39 is 0 Å². The van der Waals surface area contributed by atoms with Crippen LogP contribution in [-0.4, -0.2) is 59.0 Å². The first-order valence-corrected chi connectivity index (χ1v) is 10.9. The van der Waals surface area contributed by atoms with Gasteiger partial charge in [0.25, 0.3) is 5.91 Å². The van der Waals surface area contributed by atoms with Crippen molar-refractivity contribution in [2.75, 3.05) is 26.8 Å². The van der Waals surface area contributed by atoms with Crippen LogP contribution in [0.3, 0.4) is 0 Å². The number of aromatic nitrogens is 1. The smallest absolute Gasteiger partial charge is 0.290 e. The van der Waals surface area contributed by atoms with Crippen molar-refractivity contribution < 1.29 is 18.7 Å². The van der Waals surface area contributed by atoms with Crippen LogP contribution in [-0.2, 0) is 22.6 Å². The normalized spacial score (nSPS) is 13.2. The molecule has 0 unspecified atom stereocenters. The second kappa shape index (κ2) is 10.3. The molecule has 3 aromatic rings. The van der Waals surface area contributed by atoms with Crippen LogP contribution >= 0.6 is 0 Å². The highest BCUT2D eigenvalue weighted by Gasteiger charge is 2.34. The maximum absolute atomic E-state index is 13.3. The van der Waals surface area contributed by atoms with E-state index in [1.54, 1.807) is 19.2 Å². The Morgan fingerprint density at radius 3 is 2.59 bits per heavy atom. The van der Waals surface area contributed by atoms with Crippen LogP contribution in [0.25, 0.3) is 0 Å². The van der Waals surface area contributed by atoms with E-state index in [9.17, 15) is 9.59 Å². The molecule has 32 heavy (non-hydrogen) atoms. The molecule has 1 aliphatic rings. The minimum atomic E-state index is -0.302. The third-order valence-electron chi connectivity index (χ3n) is 5.67. The summed E-state index contributed by atoms with van der Waals surface area (Å²) >= 11 is 0. The summed E-state index contributed by atoms with van der Waals surface area (Å²) in [6.45, 7) is 1.95. The van der Waals surface area contributed by atoms with E-state index in [-0.39, 0.29) is 30.2 Å². The van der Waals surface area contributed by atoms with E-state index in [4.69, 9.17) is 9.15 Å². The van der Waals surface area contributed by atoms with Gasteiger partial charge in [0.05, 0.1) is 19.4 Å². The van der Waals surface area contributed by atoms with E-state index >= 15 is 0 Å². The highest BCUT2D eigenvalue weighted by atomic mass is 16.5. The van der Waals surface area contributed by atoms with Crippen molar-refractivity contribution >= 4 is 11.8 Å². The van der Waals surface area contributed by atoms with E-state index in [0.717, 1.165) is 25.1 Å². The number of methoxy groups -OCH3 is 1. The Hall–Kier alpha value is -3.32. The molecular formula is C25H29N3O4. The largest absolute Gasteiger partial charge is 0.459 e. The third kappa shape index (κ3) is 5.48. The van der Waals surface area contributed by atoms with E-state index in [1.165, 1.54) is 16.7 Å². The first-order valence-electron chi connectivity index (χ1n) is 10.9. The van der Waals surface area contributed by atoms with Gasteiger partial charge in [-0.2, -0.15) is 0 Å². The molecule has 1 saturated carbocycles. The van der Waals surface area contributed by atoms with Gasteiger partial charge in [0, 0.05) is 38.1 Å². The predicted molar refractivity (Wildman–Crippen MR) is 120 cm³/mol. The fraction of sp³-hybridized carbons (Fsp3) is 0.360. The Morgan fingerprint density at radius 1 is 1.09 bits per heavy atom. The van der Waals surface area contributed by atoms with Gasteiger partial charge in [0.1, 0.15) is 6.54 Å². The first-order chi connectivity index (χ1) is 15.7. The Kier molecular flexibility index (Phi) is 7.07. The van der Waals surface area contributed by atoms with Crippen molar-refractivity contribution in [2.45, 2.75) is 32.0 Å². The van der Waals surface area contributed by atoms with Crippen LogP contribution < -0.4 is 0 Å². The molecule has 2 amide bonds. The molecule has 0 spiro atoms. The molecule has 1 aromatic carbocycles. The fourth-order valence-electron chi connectivity index (χ4n) is 3.77. The summed E-state index contributed by atoms with van der Waals surface area (Å²) in [6, 6.07) is 17.8. The van der Waals surface area contributed by atoms with Crippen molar-refractivity contribution in [3.05, 3.63) is 84.1 Å². The van der Waals surface area contributed by atoms with Gasteiger partial charge in [0.15, 0.2) is 5.76 Å². The first kappa shape index (κ1) is 21.9.